The molecule has 0 unspecified atom stereocenters. The summed E-state index contributed by atoms with van der Waals surface area (Å²) in [4.78, 5) is 6.85. The van der Waals surface area contributed by atoms with Crippen molar-refractivity contribution in [3.63, 3.8) is 0 Å². The summed E-state index contributed by atoms with van der Waals surface area (Å²) in [5, 5.41) is 5.16. The van der Waals surface area contributed by atoms with Gasteiger partial charge in [-0.1, -0.05) is 79.6 Å². The molecule has 1 aromatic heterocycles. The van der Waals surface area contributed by atoms with E-state index < -0.39 is 0 Å². The van der Waals surface area contributed by atoms with E-state index in [4.69, 9.17) is 28.8 Å². The Bertz CT molecular complexity index is 1070. The van der Waals surface area contributed by atoms with Crippen LogP contribution in [-0.4, -0.2) is 17.2 Å². The molecule has 0 spiro atoms. The normalized spacial score (nSPS) is 13.4. The molecule has 1 aliphatic rings. The van der Waals surface area contributed by atoms with Crippen molar-refractivity contribution in [2.45, 2.75) is 39.0 Å². The highest BCUT2D eigenvalue weighted by atomic mass is 35.5. The quantitative estimate of drug-likeness (QED) is 0.386. The molecule has 1 aliphatic heterocycles. The zero-order valence-corrected chi connectivity index (χ0v) is 19.5. The molecule has 1 N–H and O–H groups in total. The molecule has 154 valence electrons. The molecule has 2 heterocycles. The molecular weight excluding hydrogens is 428 g/mol. The molecule has 4 rings (SSSR count). The number of nitrogens with one attached hydrogen (secondary N) is 1. The number of aliphatic imine (C=N–C) groups is 1. The van der Waals surface area contributed by atoms with Crippen molar-refractivity contribution in [1.82, 2.24) is 0 Å². The third-order valence-corrected chi connectivity index (χ3v) is 6.97. The highest BCUT2D eigenvalue weighted by Crippen LogP contribution is 2.34. The van der Waals surface area contributed by atoms with Crippen LogP contribution in [0.1, 0.15) is 46.9 Å². The molecule has 2 aromatic carbocycles. The first-order chi connectivity index (χ1) is 14.6. The number of unbranched alkanes of at least 4 members (excludes halogenated alkanes) is 1. The molecule has 3 aromatic rings. The van der Waals surface area contributed by atoms with E-state index in [1.165, 1.54) is 35.3 Å². The minimum absolute atomic E-state index is 0.483. The molecule has 0 bridgehead atoms. The van der Waals surface area contributed by atoms with Crippen LogP contribution in [0.25, 0.3) is 0 Å². The maximum atomic E-state index is 6.48. The Labute approximate surface area is 193 Å². The predicted molar refractivity (Wildman–Crippen MR) is 135 cm³/mol. The molecule has 0 saturated carbocycles. The van der Waals surface area contributed by atoms with Crippen molar-refractivity contribution in [3.8, 4) is 0 Å². The van der Waals surface area contributed by atoms with Gasteiger partial charge in [-0.3, -0.25) is 4.99 Å². The number of hydrogen-bond acceptors (Lipinski definition) is 3. The van der Waals surface area contributed by atoms with Crippen molar-refractivity contribution >= 4 is 50.9 Å². The number of halogens is 1. The van der Waals surface area contributed by atoms with Gasteiger partial charge >= 0.3 is 0 Å². The number of fused-ring (bicyclic) bond motifs is 1. The molecule has 0 atom stereocenters. The number of rotatable bonds is 7. The van der Waals surface area contributed by atoms with Crippen molar-refractivity contribution in [3.05, 3.63) is 86.8 Å². The fourth-order valence-electron chi connectivity index (χ4n) is 3.64. The Morgan fingerprint density at radius 3 is 2.47 bits per heavy atom. The first-order valence-electron chi connectivity index (χ1n) is 10.4. The molecule has 2 nitrogen and oxygen atoms in total. The Kier molecular flexibility index (Phi) is 6.98. The fraction of sp³-hybridized carbons (Fsp3) is 0.280. The number of aryl methyl sites for hydroxylation is 3. The summed E-state index contributed by atoms with van der Waals surface area (Å²) in [5.74, 6) is 0. The first kappa shape index (κ1) is 21.2. The van der Waals surface area contributed by atoms with Crippen molar-refractivity contribution in [2.24, 2.45) is 4.99 Å². The highest BCUT2D eigenvalue weighted by Gasteiger charge is 2.21. The van der Waals surface area contributed by atoms with E-state index in [2.05, 4.69) is 42.6 Å². The summed E-state index contributed by atoms with van der Waals surface area (Å²) in [6.07, 6.45) is 5.68. The average Bonchev–Trinajstić information content (AvgIpc) is 3.08. The number of nitrogens with zero attached hydrogens (tertiary/aromatic N) is 1. The Balaban J connectivity index is 1.53. The lowest BCUT2D eigenvalue weighted by Crippen LogP contribution is -2.09. The topological polar surface area (TPSA) is 24.4 Å². The van der Waals surface area contributed by atoms with E-state index in [9.17, 15) is 0 Å². The molecular formula is C25H25ClN2S2. The Morgan fingerprint density at radius 1 is 1.00 bits per heavy atom. The second kappa shape index (κ2) is 9.86. The molecule has 0 radical (unpaired) electrons. The number of hydrogen-bond donors (Lipinski definition) is 1. The van der Waals surface area contributed by atoms with Gasteiger partial charge in [0.25, 0.3) is 0 Å². The van der Waals surface area contributed by atoms with Crippen molar-refractivity contribution < 1.29 is 0 Å². The molecule has 0 fully saturated rings. The van der Waals surface area contributed by atoms with Gasteiger partial charge in [-0.05, 0) is 48.9 Å². The molecule has 0 aliphatic carbocycles. The van der Waals surface area contributed by atoms with Crippen LogP contribution in [0.4, 0.5) is 5.00 Å². The minimum atomic E-state index is 0.483. The summed E-state index contributed by atoms with van der Waals surface area (Å²) in [6, 6.07) is 19.2. The van der Waals surface area contributed by atoms with Gasteiger partial charge in [-0.25, -0.2) is 0 Å². The van der Waals surface area contributed by atoms with Crippen LogP contribution in [0, 0.1) is 0 Å². The van der Waals surface area contributed by atoms with Crippen LogP contribution >= 0.6 is 35.2 Å². The predicted octanol–water partition coefficient (Wildman–Crippen LogP) is 7.12. The average molecular weight is 453 g/mol. The Morgan fingerprint density at radius 2 is 1.73 bits per heavy atom. The zero-order chi connectivity index (χ0) is 20.9. The second-order valence-corrected chi connectivity index (χ2v) is 9.61. The van der Waals surface area contributed by atoms with E-state index in [0.717, 1.165) is 39.7 Å². The van der Waals surface area contributed by atoms with Crippen LogP contribution in [-0.2, 0) is 19.3 Å². The number of anilines is 1. The summed E-state index contributed by atoms with van der Waals surface area (Å²) < 4.78 is 0. The van der Waals surface area contributed by atoms with E-state index in [-0.39, 0.29) is 0 Å². The maximum absolute atomic E-state index is 6.48. The van der Waals surface area contributed by atoms with Crippen LogP contribution in [0.15, 0.2) is 59.6 Å². The van der Waals surface area contributed by atoms with Gasteiger partial charge in [0, 0.05) is 21.0 Å². The third-order valence-electron chi connectivity index (χ3n) is 5.30. The third kappa shape index (κ3) is 5.00. The van der Waals surface area contributed by atoms with Crippen LogP contribution in [0.2, 0.25) is 5.02 Å². The zero-order valence-electron chi connectivity index (χ0n) is 17.1. The van der Waals surface area contributed by atoms with Gasteiger partial charge in [0.2, 0.25) is 0 Å². The van der Waals surface area contributed by atoms with Gasteiger partial charge in [-0.2, -0.15) is 0 Å². The molecule has 30 heavy (non-hydrogen) atoms. The molecule has 0 saturated heterocycles. The number of thiophene rings is 1. The van der Waals surface area contributed by atoms with Gasteiger partial charge in [0.1, 0.15) is 9.99 Å². The van der Waals surface area contributed by atoms with E-state index >= 15 is 0 Å². The van der Waals surface area contributed by atoms with E-state index in [0.29, 0.717) is 11.6 Å². The molecule has 0 amide bonds. The smallest absolute Gasteiger partial charge is 0.103 e. The number of thiocarbonyl (C=S) groups is 1. The maximum Gasteiger partial charge on any atom is 0.103 e. The van der Waals surface area contributed by atoms with Crippen LogP contribution < -0.4 is 5.32 Å². The molecule has 5 heteroatoms. The Hall–Kier alpha value is -2.01. The lowest BCUT2D eigenvalue weighted by atomic mass is 10.0. The fourth-order valence-corrected chi connectivity index (χ4v) is 5.18. The van der Waals surface area contributed by atoms with Gasteiger partial charge < -0.3 is 5.32 Å². The van der Waals surface area contributed by atoms with Crippen LogP contribution in [0.3, 0.4) is 0 Å². The highest BCUT2D eigenvalue weighted by molar-refractivity contribution is 7.80. The summed E-state index contributed by atoms with van der Waals surface area (Å²) >= 11 is 13.7. The van der Waals surface area contributed by atoms with Crippen molar-refractivity contribution in [1.29, 1.82) is 0 Å². The van der Waals surface area contributed by atoms with E-state index in [1.54, 1.807) is 11.3 Å². The van der Waals surface area contributed by atoms with E-state index in [1.807, 2.05) is 24.3 Å². The van der Waals surface area contributed by atoms with Gasteiger partial charge in [0.05, 0.1) is 12.3 Å². The SMILES string of the molecule is CCCCc1ccc(CCc2cc3c(s2)NC(=S)CN=C3c2ccccc2Cl)cc1. The lowest BCUT2D eigenvalue weighted by molar-refractivity contribution is 0.794. The van der Waals surface area contributed by atoms with Crippen molar-refractivity contribution in [2.75, 3.05) is 11.9 Å². The summed E-state index contributed by atoms with van der Waals surface area (Å²) in [5.41, 5.74) is 5.78. The standard InChI is InChI=1S/C25H25ClN2S2/c1-2-3-6-17-9-11-18(12-10-17)13-14-19-15-21-24(20-7-4-5-8-22(20)26)27-16-23(29)28-25(21)30-19/h4-5,7-12,15H,2-3,6,13-14,16H2,1H3,(H,28,29). The lowest BCUT2D eigenvalue weighted by Gasteiger charge is -2.07. The van der Waals surface area contributed by atoms with Gasteiger partial charge in [-0.15, -0.1) is 11.3 Å². The minimum Gasteiger partial charge on any atom is -0.340 e. The summed E-state index contributed by atoms with van der Waals surface area (Å²) in [7, 11) is 0. The van der Waals surface area contributed by atoms with Crippen LogP contribution in [0.5, 0.6) is 0 Å². The number of benzene rings is 2. The first-order valence-corrected chi connectivity index (χ1v) is 12.0. The summed E-state index contributed by atoms with van der Waals surface area (Å²) in [6.45, 7) is 2.72. The van der Waals surface area contributed by atoms with Gasteiger partial charge in [0.15, 0.2) is 0 Å². The monoisotopic (exact) mass is 452 g/mol. The largest absolute Gasteiger partial charge is 0.340 e. The second-order valence-electron chi connectivity index (χ2n) is 7.57.